The minimum atomic E-state index is -2.04. The van der Waals surface area contributed by atoms with Crippen LogP contribution in [0.15, 0.2) is 22.8 Å². The lowest BCUT2D eigenvalue weighted by Crippen LogP contribution is -2.50. The number of ketones is 1. The van der Waals surface area contributed by atoms with Crippen molar-refractivity contribution < 1.29 is 14.0 Å². The standard InChI is InChI=1S/C16H26O3Si/c1-10-9-16(19-20(7,8)15(4,5)6)13(12(3)17)11(2)14(10)18-16/h9,14H,1-8H3/t14-,16-/m1/s1. The molecule has 0 radical (unpaired) electrons. The lowest BCUT2D eigenvalue weighted by Gasteiger charge is -2.42. The molecule has 0 amide bonds. The normalized spacial score (nSPS) is 30.0. The average Bonchev–Trinajstić information content (AvgIpc) is 2.65. The van der Waals surface area contributed by atoms with Crippen LogP contribution in [-0.4, -0.2) is 26.0 Å². The van der Waals surface area contributed by atoms with Gasteiger partial charge in [0.1, 0.15) is 6.10 Å². The zero-order valence-corrected chi connectivity index (χ0v) is 14.9. The van der Waals surface area contributed by atoms with Gasteiger partial charge in [-0.05, 0) is 56.1 Å². The van der Waals surface area contributed by atoms with Gasteiger partial charge in [-0.2, -0.15) is 0 Å². The molecule has 2 aliphatic rings. The minimum absolute atomic E-state index is 0.0486. The van der Waals surface area contributed by atoms with Crippen molar-refractivity contribution in [2.45, 2.75) is 71.6 Å². The van der Waals surface area contributed by atoms with Gasteiger partial charge < -0.3 is 9.16 Å². The van der Waals surface area contributed by atoms with Crippen molar-refractivity contribution in [3.05, 3.63) is 22.8 Å². The quantitative estimate of drug-likeness (QED) is 0.583. The third-order valence-corrected chi connectivity index (χ3v) is 9.25. The Labute approximate surface area is 123 Å². The van der Waals surface area contributed by atoms with E-state index < -0.39 is 14.1 Å². The summed E-state index contributed by atoms with van der Waals surface area (Å²) in [6.45, 7) is 16.6. The van der Waals surface area contributed by atoms with Crippen molar-refractivity contribution in [2.75, 3.05) is 0 Å². The second-order valence-corrected chi connectivity index (χ2v) is 12.3. The van der Waals surface area contributed by atoms with E-state index in [0.29, 0.717) is 5.57 Å². The summed E-state index contributed by atoms with van der Waals surface area (Å²) >= 11 is 0. The summed E-state index contributed by atoms with van der Waals surface area (Å²) in [6, 6.07) is 0. The second kappa shape index (κ2) is 4.39. The van der Waals surface area contributed by atoms with Crippen LogP contribution in [0.2, 0.25) is 18.1 Å². The molecular formula is C16H26O3Si. The van der Waals surface area contributed by atoms with E-state index in [9.17, 15) is 4.79 Å². The first-order chi connectivity index (χ1) is 8.91. The zero-order valence-electron chi connectivity index (χ0n) is 13.9. The van der Waals surface area contributed by atoms with E-state index in [1.54, 1.807) is 6.92 Å². The molecule has 2 heterocycles. The highest BCUT2D eigenvalue weighted by atomic mass is 28.4. The van der Waals surface area contributed by atoms with Gasteiger partial charge in [0.15, 0.2) is 14.1 Å². The first kappa shape index (κ1) is 15.7. The Morgan fingerprint density at radius 2 is 1.90 bits per heavy atom. The van der Waals surface area contributed by atoms with E-state index in [1.165, 1.54) is 0 Å². The van der Waals surface area contributed by atoms with Crippen molar-refractivity contribution in [1.82, 2.24) is 0 Å². The molecule has 2 bridgehead atoms. The molecule has 0 aromatic heterocycles. The predicted octanol–water partition coefficient (Wildman–Crippen LogP) is 3.97. The molecule has 0 aliphatic carbocycles. The molecule has 3 nitrogen and oxygen atoms in total. The van der Waals surface area contributed by atoms with E-state index >= 15 is 0 Å². The maximum atomic E-state index is 12.1. The third-order valence-electron chi connectivity index (χ3n) is 4.83. The highest BCUT2D eigenvalue weighted by Crippen LogP contribution is 2.51. The molecule has 20 heavy (non-hydrogen) atoms. The van der Waals surface area contributed by atoms with Gasteiger partial charge in [0.2, 0.25) is 5.79 Å². The summed E-state index contributed by atoms with van der Waals surface area (Å²) in [5.41, 5.74) is 2.86. The maximum Gasteiger partial charge on any atom is 0.210 e. The van der Waals surface area contributed by atoms with E-state index in [1.807, 2.05) is 19.9 Å². The smallest absolute Gasteiger partial charge is 0.210 e. The van der Waals surface area contributed by atoms with Crippen LogP contribution < -0.4 is 0 Å². The van der Waals surface area contributed by atoms with Crippen molar-refractivity contribution in [1.29, 1.82) is 0 Å². The number of fused-ring (bicyclic) bond motifs is 2. The number of hydrogen-bond donors (Lipinski definition) is 0. The van der Waals surface area contributed by atoms with Crippen LogP contribution in [-0.2, 0) is 14.0 Å². The molecule has 0 saturated heterocycles. The maximum absolute atomic E-state index is 12.1. The molecule has 0 aromatic carbocycles. The summed E-state index contributed by atoms with van der Waals surface area (Å²) < 4.78 is 12.6. The topological polar surface area (TPSA) is 35.5 Å². The lowest BCUT2D eigenvalue weighted by atomic mass is 9.89. The summed E-state index contributed by atoms with van der Waals surface area (Å²) in [6.07, 6.45) is 1.92. The molecule has 0 N–H and O–H groups in total. The highest BCUT2D eigenvalue weighted by molar-refractivity contribution is 6.74. The van der Waals surface area contributed by atoms with E-state index in [-0.39, 0.29) is 16.9 Å². The Balaban J connectivity index is 2.46. The molecule has 2 aliphatic heterocycles. The fourth-order valence-corrected chi connectivity index (χ4v) is 4.08. The molecular weight excluding hydrogens is 268 g/mol. The minimum Gasteiger partial charge on any atom is -0.383 e. The molecule has 0 saturated carbocycles. The fraction of sp³-hybridized carbons (Fsp3) is 0.688. The van der Waals surface area contributed by atoms with Crippen molar-refractivity contribution in [2.24, 2.45) is 0 Å². The van der Waals surface area contributed by atoms with Gasteiger partial charge in [-0.25, -0.2) is 0 Å². The second-order valence-electron chi connectivity index (χ2n) is 7.53. The first-order valence-electron chi connectivity index (χ1n) is 7.21. The molecule has 2 atom stereocenters. The van der Waals surface area contributed by atoms with Crippen LogP contribution in [0.25, 0.3) is 0 Å². The monoisotopic (exact) mass is 294 g/mol. The molecule has 0 unspecified atom stereocenters. The van der Waals surface area contributed by atoms with Gasteiger partial charge >= 0.3 is 0 Å². The third kappa shape index (κ3) is 2.14. The Morgan fingerprint density at radius 3 is 2.35 bits per heavy atom. The molecule has 0 spiro atoms. The summed E-state index contributed by atoms with van der Waals surface area (Å²) in [7, 11) is -2.04. The Hall–Kier alpha value is -0.713. The van der Waals surface area contributed by atoms with Crippen LogP contribution in [0, 0.1) is 0 Å². The highest BCUT2D eigenvalue weighted by Gasteiger charge is 2.56. The zero-order chi connectivity index (χ0) is 15.5. The number of Topliss-reactive ketones (excluding diaryl/α,β-unsaturated/α-hetero) is 1. The molecule has 112 valence electrons. The average molecular weight is 294 g/mol. The van der Waals surface area contributed by atoms with Crippen LogP contribution >= 0.6 is 0 Å². The Morgan fingerprint density at radius 1 is 1.35 bits per heavy atom. The number of rotatable bonds is 3. The van der Waals surface area contributed by atoms with Gasteiger partial charge in [-0.3, -0.25) is 4.79 Å². The number of hydrogen-bond acceptors (Lipinski definition) is 3. The summed E-state index contributed by atoms with van der Waals surface area (Å²) in [4.78, 5) is 12.1. The van der Waals surface area contributed by atoms with Gasteiger partial charge in [0.25, 0.3) is 0 Å². The predicted molar refractivity (Wildman–Crippen MR) is 83.0 cm³/mol. The molecule has 2 rings (SSSR count). The molecule has 0 aromatic rings. The van der Waals surface area contributed by atoms with Crippen LogP contribution in [0.4, 0.5) is 0 Å². The van der Waals surface area contributed by atoms with Crippen LogP contribution in [0.5, 0.6) is 0 Å². The number of carbonyl (C=O) groups excluding carboxylic acids is 1. The Kier molecular flexibility index (Phi) is 3.44. The lowest BCUT2D eigenvalue weighted by molar-refractivity contribution is -0.128. The summed E-state index contributed by atoms with van der Waals surface area (Å²) in [5.74, 6) is -0.888. The van der Waals surface area contributed by atoms with Gasteiger partial charge in [-0.1, -0.05) is 20.8 Å². The van der Waals surface area contributed by atoms with Crippen molar-refractivity contribution >= 4 is 14.1 Å². The van der Waals surface area contributed by atoms with E-state index in [4.69, 9.17) is 9.16 Å². The van der Waals surface area contributed by atoms with Crippen molar-refractivity contribution in [3.8, 4) is 0 Å². The van der Waals surface area contributed by atoms with Crippen LogP contribution in [0.1, 0.15) is 41.5 Å². The van der Waals surface area contributed by atoms with Gasteiger partial charge in [0.05, 0.1) is 5.57 Å². The van der Waals surface area contributed by atoms with Gasteiger partial charge in [-0.15, -0.1) is 0 Å². The first-order valence-corrected chi connectivity index (χ1v) is 10.1. The van der Waals surface area contributed by atoms with Crippen molar-refractivity contribution in [3.63, 3.8) is 0 Å². The molecule has 0 fully saturated rings. The van der Waals surface area contributed by atoms with Gasteiger partial charge in [0, 0.05) is 0 Å². The van der Waals surface area contributed by atoms with Crippen LogP contribution in [0.3, 0.4) is 0 Å². The largest absolute Gasteiger partial charge is 0.383 e. The number of carbonyl (C=O) groups is 1. The number of ether oxygens (including phenoxy) is 1. The summed E-state index contributed by atoms with van der Waals surface area (Å²) in [5, 5.41) is 0.0728. The Bertz CT molecular complexity index is 522. The SMILES string of the molecule is CC(=O)C1=C(C)[C@@H]2O[C@@]1(O[Si](C)(C)C(C)(C)C)C=C2C. The molecule has 4 heteroatoms. The van der Waals surface area contributed by atoms with E-state index in [2.05, 4.69) is 33.9 Å². The van der Waals surface area contributed by atoms with E-state index in [0.717, 1.165) is 11.1 Å². The fourth-order valence-electron chi connectivity index (χ4n) is 2.80.